The van der Waals surface area contributed by atoms with Crippen molar-refractivity contribution >= 4 is 44.6 Å². The van der Waals surface area contributed by atoms with Crippen molar-refractivity contribution in [3.63, 3.8) is 0 Å². The molecule has 0 spiro atoms. The van der Waals surface area contributed by atoms with E-state index >= 15 is 0 Å². The molecule has 0 amide bonds. The van der Waals surface area contributed by atoms with Gasteiger partial charge in [0.05, 0.1) is 11.4 Å². The summed E-state index contributed by atoms with van der Waals surface area (Å²) in [5, 5.41) is 1.59. The maximum absolute atomic E-state index is 6.11. The molecule has 2 nitrogen and oxygen atoms in total. The summed E-state index contributed by atoms with van der Waals surface area (Å²) in [6.07, 6.45) is 0. The molecule has 3 rings (SSSR count). The lowest BCUT2D eigenvalue weighted by molar-refractivity contribution is 0.820. The van der Waals surface area contributed by atoms with Crippen LogP contribution in [0.15, 0.2) is 42.5 Å². The first-order valence-corrected chi connectivity index (χ1v) is 8.13. The minimum Gasteiger partial charge on any atom is -0.371 e. The van der Waals surface area contributed by atoms with Crippen LogP contribution in [-0.4, -0.2) is 20.1 Å². The van der Waals surface area contributed by atoms with Crippen LogP contribution in [0.5, 0.6) is 0 Å². The van der Waals surface area contributed by atoms with Crippen molar-refractivity contribution < 1.29 is 0 Å². The largest absolute Gasteiger partial charge is 0.371 e. The third-order valence-corrected chi connectivity index (χ3v) is 4.56. The standard InChI is InChI=1S/C16H16BrClN2/c1-19-8-9-20(16-5-3-2-4-15(16)19)14-7-6-13(18)10-12(14)11-17/h2-7,10H,8-9,11H2,1H3. The van der Waals surface area contributed by atoms with E-state index in [-0.39, 0.29) is 0 Å². The predicted molar refractivity (Wildman–Crippen MR) is 90.8 cm³/mol. The first kappa shape index (κ1) is 13.8. The third kappa shape index (κ3) is 2.40. The zero-order chi connectivity index (χ0) is 14.1. The summed E-state index contributed by atoms with van der Waals surface area (Å²) >= 11 is 9.68. The quantitative estimate of drug-likeness (QED) is 0.716. The van der Waals surface area contributed by atoms with Gasteiger partial charge in [-0.2, -0.15) is 0 Å². The summed E-state index contributed by atoms with van der Waals surface area (Å²) in [7, 11) is 2.14. The van der Waals surface area contributed by atoms with E-state index in [2.05, 4.69) is 63.1 Å². The molecule has 0 radical (unpaired) electrons. The molecule has 4 heteroatoms. The number of benzene rings is 2. The maximum atomic E-state index is 6.11. The molecule has 0 unspecified atom stereocenters. The van der Waals surface area contributed by atoms with Crippen LogP contribution in [0.25, 0.3) is 0 Å². The molecule has 0 aromatic heterocycles. The summed E-state index contributed by atoms with van der Waals surface area (Å²) in [4.78, 5) is 4.68. The molecule has 0 bridgehead atoms. The number of likely N-dealkylation sites (N-methyl/N-ethyl adjacent to an activating group) is 1. The molecule has 0 fully saturated rings. The van der Waals surface area contributed by atoms with E-state index < -0.39 is 0 Å². The van der Waals surface area contributed by atoms with Gasteiger partial charge >= 0.3 is 0 Å². The van der Waals surface area contributed by atoms with Crippen LogP contribution in [0, 0.1) is 0 Å². The number of hydrogen-bond acceptors (Lipinski definition) is 2. The minimum atomic E-state index is 0.783. The van der Waals surface area contributed by atoms with Gasteiger partial charge in [-0.05, 0) is 35.9 Å². The minimum absolute atomic E-state index is 0.783. The molecule has 2 aromatic carbocycles. The van der Waals surface area contributed by atoms with Crippen LogP contribution in [0.2, 0.25) is 5.02 Å². The van der Waals surface area contributed by atoms with Gasteiger partial charge < -0.3 is 9.80 Å². The maximum Gasteiger partial charge on any atom is 0.0649 e. The van der Waals surface area contributed by atoms with Gasteiger partial charge in [-0.1, -0.05) is 39.7 Å². The number of fused-ring (bicyclic) bond motifs is 1. The van der Waals surface area contributed by atoms with Crippen molar-refractivity contribution in [3.05, 3.63) is 53.1 Å². The monoisotopic (exact) mass is 350 g/mol. The van der Waals surface area contributed by atoms with Crippen molar-refractivity contribution in [3.8, 4) is 0 Å². The highest BCUT2D eigenvalue weighted by Gasteiger charge is 2.22. The van der Waals surface area contributed by atoms with Gasteiger partial charge in [0, 0.05) is 36.2 Å². The SMILES string of the molecule is CN1CCN(c2ccc(Cl)cc2CBr)c2ccccc21. The number of alkyl halides is 1. The fourth-order valence-electron chi connectivity index (χ4n) is 2.68. The van der Waals surface area contributed by atoms with E-state index in [1.165, 1.54) is 22.6 Å². The summed E-state index contributed by atoms with van der Waals surface area (Å²) in [6.45, 7) is 2.00. The first-order valence-electron chi connectivity index (χ1n) is 6.63. The normalized spacial score (nSPS) is 14.3. The van der Waals surface area contributed by atoms with Crippen LogP contribution in [-0.2, 0) is 5.33 Å². The molecule has 1 aliphatic heterocycles. The Labute approximate surface area is 133 Å². The lowest BCUT2D eigenvalue weighted by atomic mass is 10.1. The highest BCUT2D eigenvalue weighted by Crippen LogP contribution is 2.39. The fraction of sp³-hybridized carbons (Fsp3) is 0.250. The molecule has 20 heavy (non-hydrogen) atoms. The van der Waals surface area contributed by atoms with E-state index in [0.717, 1.165) is 23.4 Å². The Morgan fingerprint density at radius 3 is 2.55 bits per heavy atom. The molecule has 0 N–H and O–H groups in total. The van der Waals surface area contributed by atoms with Gasteiger partial charge in [0.15, 0.2) is 0 Å². The van der Waals surface area contributed by atoms with Crippen LogP contribution in [0.4, 0.5) is 17.1 Å². The van der Waals surface area contributed by atoms with Gasteiger partial charge in [0.25, 0.3) is 0 Å². The van der Waals surface area contributed by atoms with E-state index in [9.17, 15) is 0 Å². The topological polar surface area (TPSA) is 6.48 Å². The summed E-state index contributed by atoms with van der Waals surface area (Å²) in [5.41, 5.74) is 4.98. The first-order chi connectivity index (χ1) is 9.70. The molecular weight excluding hydrogens is 336 g/mol. The highest BCUT2D eigenvalue weighted by molar-refractivity contribution is 9.08. The zero-order valence-corrected chi connectivity index (χ0v) is 13.7. The highest BCUT2D eigenvalue weighted by atomic mass is 79.9. The summed E-state index contributed by atoms with van der Waals surface area (Å²) in [5.74, 6) is 0. The Kier molecular flexibility index (Phi) is 3.90. The van der Waals surface area contributed by atoms with Crippen molar-refractivity contribution in [1.82, 2.24) is 0 Å². The van der Waals surface area contributed by atoms with Crippen molar-refractivity contribution in [2.24, 2.45) is 0 Å². The lowest BCUT2D eigenvalue weighted by Gasteiger charge is -2.37. The van der Waals surface area contributed by atoms with E-state index in [4.69, 9.17) is 11.6 Å². The predicted octanol–water partition coefficient (Wildman–Crippen LogP) is 4.82. The second-order valence-corrected chi connectivity index (χ2v) is 5.97. The number of para-hydroxylation sites is 2. The zero-order valence-electron chi connectivity index (χ0n) is 11.3. The van der Waals surface area contributed by atoms with Crippen molar-refractivity contribution in [1.29, 1.82) is 0 Å². The molecule has 0 saturated heterocycles. The van der Waals surface area contributed by atoms with Gasteiger partial charge in [-0.3, -0.25) is 0 Å². The van der Waals surface area contributed by atoms with E-state index in [1.807, 2.05) is 12.1 Å². The number of rotatable bonds is 2. The molecule has 1 aliphatic rings. The summed E-state index contributed by atoms with van der Waals surface area (Å²) < 4.78 is 0. The van der Waals surface area contributed by atoms with Crippen molar-refractivity contribution in [2.45, 2.75) is 5.33 Å². The Morgan fingerprint density at radius 2 is 1.80 bits per heavy atom. The number of hydrogen-bond donors (Lipinski definition) is 0. The average Bonchev–Trinajstić information content (AvgIpc) is 2.48. The molecule has 0 saturated carbocycles. The second kappa shape index (κ2) is 5.66. The molecule has 2 aromatic rings. The van der Waals surface area contributed by atoms with Crippen LogP contribution >= 0.6 is 27.5 Å². The number of nitrogens with zero attached hydrogens (tertiary/aromatic N) is 2. The van der Waals surface area contributed by atoms with Gasteiger partial charge in [0.1, 0.15) is 0 Å². The number of halogens is 2. The van der Waals surface area contributed by atoms with Crippen molar-refractivity contribution in [2.75, 3.05) is 29.9 Å². The molecular formula is C16H16BrClN2. The average molecular weight is 352 g/mol. The molecule has 1 heterocycles. The molecule has 104 valence electrons. The van der Waals surface area contributed by atoms with Crippen LogP contribution in [0.1, 0.15) is 5.56 Å². The lowest BCUT2D eigenvalue weighted by Crippen LogP contribution is -2.36. The Balaban J connectivity index is 2.10. The molecule has 0 atom stereocenters. The summed E-state index contributed by atoms with van der Waals surface area (Å²) in [6, 6.07) is 14.6. The Bertz CT molecular complexity index is 630. The van der Waals surface area contributed by atoms with Crippen LogP contribution < -0.4 is 9.80 Å². The number of anilines is 3. The fourth-order valence-corrected chi connectivity index (χ4v) is 3.32. The van der Waals surface area contributed by atoms with Crippen LogP contribution in [0.3, 0.4) is 0 Å². The smallest absolute Gasteiger partial charge is 0.0649 e. The third-order valence-electron chi connectivity index (χ3n) is 3.72. The van der Waals surface area contributed by atoms with Gasteiger partial charge in [0.2, 0.25) is 0 Å². The Morgan fingerprint density at radius 1 is 1.05 bits per heavy atom. The van der Waals surface area contributed by atoms with E-state index in [1.54, 1.807) is 0 Å². The van der Waals surface area contributed by atoms with Gasteiger partial charge in [-0.15, -0.1) is 0 Å². The molecule has 0 aliphatic carbocycles. The van der Waals surface area contributed by atoms with E-state index in [0.29, 0.717) is 0 Å². The second-order valence-electron chi connectivity index (χ2n) is 4.97. The van der Waals surface area contributed by atoms with Gasteiger partial charge in [-0.25, -0.2) is 0 Å². The Hall–Kier alpha value is -1.19.